The lowest BCUT2D eigenvalue weighted by Gasteiger charge is -2.17. The van der Waals surface area contributed by atoms with Gasteiger partial charge >= 0.3 is 0 Å². The summed E-state index contributed by atoms with van der Waals surface area (Å²) in [5, 5.41) is 3.34. The van der Waals surface area contributed by atoms with Crippen molar-refractivity contribution in [3.8, 4) is 11.5 Å². The molecule has 0 aliphatic rings. The second-order valence-corrected chi connectivity index (χ2v) is 4.99. The molecule has 0 saturated carbocycles. The van der Waals surface area contributed by atoms with Crippen LogP contribution in [0.25, 0.3) is 0 Å². The van der Waals surface area contributed by atoms with Gasteiger partial charge < -0.3 is 20.5 Å². The van der Waals surface area contributed by atoms with Crippen LogP contribution < -0.4 is 20.5 Å². The Balaban J connectivity index is 2.45. The van der Waals surface area contributed by atoms with Crippen molar-refractivity contribution in [3.63, 3.8) is 0 Å². The summed E-state index contributed by atoms with van der Waals surface area (Å²) in [6, 6.07) is 11.4. The number of ether oxygens (including phenoxy) is 2. The zero-order chi connectivity index (χ0) is 15.4. The average molecular weight is 302 g/mol. The van der Waals surface area contributed by atoms with Crippen LogP contribution in [0.5, 0.6) is 11.5 Å². The van der Waals surface area contributed by atoms with Gasteiger partial charge in [-0.25, -0.2) is 0 Å². The number of benzene rings is 2. The monoisotopic (exact) mass is 302 g/mol. The highest BCUT2D eigenvalue weighted by molar-refractivity contribution is 7.80. The topological polar surface area (TPSA) is 56.5 Å². The van der Waals surface area contributed by atoms with E-state index in [2.05, 4.69) is 5.32 Å². The van der Waals surface area contributed by atoms with Gasteiger partial charge in [0.1, 0.15) is 16.5 Å². The first-order valence-electron chi connectivity index (χ1n) is 6.45. The van der Waals surface area contributed by atoms with E-state index in [0.717, 1.165) is 28.3 Å². The lowest BCUT2D eigenvalue weighted by molar-refractivity contribution is 0.395. The SMILES string of the molecule is COc1ccc(Nc2c(C)cccc2C(N)=S)c(OC)c1. The fourth-order valence-corrected chi connectivity index (χ4v) is 2.25. The molecule has 0 bridgehead atoms. The first-order chi connectivity index (χ1) is 10.1. The molecule has 0 amide bonds. The Morgan fingerprint density at radius 2 is 1.90 bits per heavy atom. The molecular formula is C16H18N2O2S. The number of hydrogen-bond donors (Lipinski definition) is 2. The molecule has 0 radical (unpaired) electrons. The third-order valence-electron chi connectivity index (χ3n) is 3.21. The number of para-hydroxylation sites is 1. The average Bonchev–Trinajstić information content (AvgIpc) is 2.49. The summed E-state index contributed by atoms with van der Waals surface area (Å²) >= 11 is 5.11. The van der Waals surface area contributed by atoms with Gasteiger partial charge in [0.25, 0.3) is 0 Å². The lowest BCUT2D eigenvalue weighted by Crippen LogP contribution is -2.12. The second-order valence-electron chi connectivity index (χ2n) is 4.55. The van der Waals surface area contributed by atoms with Crippen LogP contribution in [0, 0.1) is 6.92 Å². The highest BCUT2D eigenvalue weighted by atomic mass is 32.1. The van der Waals surface area contributed by atoms with Crippen LogP contribution in [-0.4, -0.2) is 19.2 Å². The van der Waals surface area contributed by atoms with Gasteiger partial charge in [0, 0.05) is 11.6 Å². The molecule has 2 aromatic carbocycles. The van der Waals surface area contributed by atoms with Crippen LogP contribution in [0.15, 0.2) is 36.4 Å². The Morgan fingerprint density at radius 1 is 1.14 bits per heavy atom. The number of nitrogens with one attached hydrogen (secondary N) is 1. The van der Waals surface area contributed by atoms with Crippen molar-refractivity contribution in [2.24, 2.45) is 5.73 Å². The summed E-state index contributed by atoms with van der Waals surface area (Å²) in [7, 11) is 3.24. The predicted octanol–water partition coefficient (Wildman–Crippen LogP) is 3.39. The van der Waals surface area contributed by atoms with Gasteiger partial charge in [-0.1, -0.05) is 24.4 Å². The van der Waals surface area contributed by atoms with Crippen LogP contribution in [0.2, 0.25) is 0 Å². The molecule has 110 valence electrons. The molecule has 0 unspecified atom stereocenters. The maximum absolute atomic E-state index is 5.79. The molecule has 0 heterocycles. The Kier molecular flexibility index (Phi) is 4.65. The maximum atomic E-state index is 5.79. The smallest absolute Gasteiger partial charge is 0.145 e. The first-order valence-corrected chi connectivity index (χ1v) is 6.86. The molecule has 0 aliphatic heterocycles. The van der Waals surface area contributed by atoms with Gasteiger partial charge in [0.2, 0.25) is 0 Å². The van der Waals surface area contributed by atoms with Gasteiger partial charge in [0.05, 0.1) is 25.6 Å². The third-order valence-corrected chi connectivity index (χ3v) is 3.43. The van der Waals surface area contributed by atoms with E-state index in [1.165, 1.54) is 0 Å². The summed E-state index contributed by atoms with van der Waals surface area (Å²) < 4.78 is 10.6. The molecule has 0 fully saturated rings. The van der Waals surface area contributed by atoms with Crippen molar-refractivity contribution in [3.05, 3.63) is 47.5 Å². The van der Waals surface area contributed by atoms with E-state index in [9.17, 15) is 0 Å². The highest BCUT2D eigenvalue weighted by Gasteiger charge is 2.11. The van der Waals surface area contributed by atoms with E-state index < -0.39 is 0 Å². The van der Waals surface area contributed by atoms with Crippen molar-refractivity contribution < 1.29 is 9.47 Å². The van der Waals surface area contributed by atoms with Gasteiger partial charge in [-0.2, -0.15) is 0 Å². The Hall–Kier alpha value is -2.27. The van der Waals surface area contributed by atoms with Crippen LogP contribution >= 0.6 is 12.2 Å². The Bertz CT molecular complexity index is 671. The fourth-order valence-electron chi connectivity index (χ4n) is 2.08. The summed E-state index contributed by atoms with van der Waals surface area (Å²) in [4.78, 5) is 0.355. The fraction of sp³-hybridized carbons (Fsp3) is 0.188. The van der Waals surface area contributed by atoms with E-state index in [4.69, 9.17) is 27.4 Å². The number of aryl methyl sites for hydroxylation is 1. The van der Waals surface area contributed by atoms with Gasteiger partial charge in [-0.05, 0) is 30.7 Å². The minimum Gasteiger partial charge on any atom is -0.497 e. The standard InChI is InChI=1S/C16H18N2O2S/c1-10-5-4-6-12(16(17)21)15(10)18-13-8-7-11(19-2)9-14(13)20-3/h4-9,18H,1-3H3,(H2,17,21). The molecule has 0 spiro atoms. The molecule has 2 rings (SSSR count). The van der Waals surface area contributed by atoms with Crippen molar-refractivity contribution >= 4 is 28.6 Å². The summed E-state index contributed by atoms with van der Waals surface area (Å²) in [6.07, 6.45) is 0. The van der Waals surface area contributed by atoms with Crippen LogP contribution in [0.4, 0.5) is 11.4 Å². The van der Waals surface area contributed by atoms with E-state index in [0.29, 0.717) is 10.7 Å². The number of anilines is 2. The molecule has 0 aromatic heterocycles. The summed E-state index contributed by atoms with van der Waals surface area (Å²) in [6.45, 7) is 2.00. The van der Waals surface area contributed by atoms with Crippen molar-refractivity contribution in [2.45, 2.75) is 6.92 Å². The highest BCUT2D eigenvalue weighted by Crippen LogP contribution is 2.33. The number of nitrogens with two attached hydrogens (primary N) is 1. The predicted molar refractivity (Wildman–Crippen MR) is 89.9 cm³/mol. The van der Waals surface area contributed by atoms with Crippen molar-refractivity contribution in [2.75, 3.05) is 19.5 Å². The summed E-state index contributed by atoms with van der Waals surface area (Å²) in [5.41, 5.74) is 9.36. The number of methoxy groups -OCH3 is 2. The molecule has 2 aromatic rings. The number of rotatable bonds is 5. The van der Waals surface area contributed by atoms with Crippen LogP contribution in [0.3, 0.4) is 0 Å². The molecule has 0 atom stereocenters. The van der Waals surface area contributed by atoms with Crippen LogP contribution in [0.1, 0.15) is 11.1 Å². The van der Waals surface area contributed by atoms with E-state index >= 15 is 0 Å². The van der Waals surface area contributed by atoms with Gasteiger partial charge in [-0.3, -0.25) is 0 Å². The van der Waals surface area contributed by atoms with Gasteiger partial charge in [0.15, 0.2) is 0 Å². The van der Waals surface area contributed by atoms with Gasteiger partial charge in [-0.15, -0.1) is 0 Å². The minimum atomic E-state index is 0.355. The van der Waals surface area contributed by atoms with E-state index in [1.807, 2.05) is 43.3 Å². The van der Waals surface area contributed by atoms with Crippen LogP contribution in [-0.2, 0) is 0 Å². The van der Waals surface area contributed by atoms with Crippen molar-refractivity contribution in [1.82, 2.24) is 0 Å². The zero-order valence-electron chi connectivity index (χ0n) is 12.3. The normalized spacial score (nSPS) is 10.0. The summed E-state index contributed by atoms with van der Waals surface area (Å²) in [5.74, 6) is 1.42. The number of thiocarbonyl (C=S) groups is 1. The second kappa shape index (κ2) is 6.45. The Morgan fingerprint density at radius 3 is 2.52 bits per heavy atom. The molecule has 5 heteroatoms. The van der Waals surface area contributed by atoms with E-state index in [1.54, 1.807) is 14.2 Å². The molecule has 3 N–H and O–H groups in total. The first kappa shape index (κ1) is 15.1. The molecule has 4 nitrogen and oxygen atoms in total. The quantitative estimate of drug-likeness (QED) is 0.829. The maximum Gasteiger partial charge on any atom is 0.145 e. The lowest BCUT2D eigenvalue weighted by atomic mass is 10.1. The van der Waals surface area contributed by atoms with Crippen molar-refractivity contribution in [1.29, 1.82) is 0 Å². The Labute approximate surface area is 129 Å². The zero-order valence-corrected chi connectivity index (χ0v) is 13.1. The molecule has 21 heavy (non-hydrogen) atoms. The number of hydrogen-bond acceptors (Lipinski definition) is 4. The molecular weight excluding hydrogens is 284 g/mol. The largest absolute Gasteiger partial charge is 0.497 e. The minimum absolute atomic E-state index is 0.355. The molecule has 0 aliphatic carbocycles. The van der Waals surface area contributed by atoms with E-state index in [-0.39, 0.29) is 0 Å². The third kappa shape index (κ3) is 3.25. The molecule has 0 saturated heterocycles.